The van der Waals surface area contributed by atoms with Crippen LogP contribution in [0.2, 0.25) is 0 Å². The fourth-order valence-electron chi connectivity index (χ4n) is 1.85. The van der Waals surface area contributed by atoms with E-state index in [1.54, 1.807) is 23.5 Å². The molecule has 0 fully saturated rings. The van der Waals surface area contributed by atoms with Crippen LogP contribution < -0.4 is 15.8 Å². The highest BCUT2D eigenvalue weighted by atomic mass is 32.2. The highest BCUT2D eigenvalue weighted by Crippen LogP contribution is 2.26. The van der Waals surface area contributed by atoms with E-state index < -0.39 is 10.0 Å². The number of hydrogen-bond donors (Lipinski definition) is 3. The van der Waals surface area contributed by atoms with Crippen molar-refractivity contribution in [2.24, 2.45) is 0 Å². The van der Waals surface area contributed by atoms with E-state index in [0.29, 0.717) is 0 Å². The molecule has 0 aliphatic carbocycles. The number of nitrogens with two attached hydrogens (primary N) is 1. The molecule has 0 saturated carbocycles. The van der Waals surface area contributed by atoms with Gasteiger partial charge in [0.25, 0.3) is 0 Å². The number of nitrogens with one attached hydrogen (secondary N) is 2. The van der Waals surface area contributed by atoms with E-state index in [0.717, 1.165) is 5.69 Å². The summed E-state index contributed by atoms with van der Waals surface area (Å²) in [6.45, 7) is 2.04. The van der Waals surface area contributed by atoms with Gasteiger partial charge in [-0.25, -0.2) is 13.1 Å². The Labute approximate surface area is 122 Å². The van der Waals surface area contributed by atoms with Crippen LogP contribution in [0.3, 0.4) is 0 Å². The van der Waals surface area contributed by atoms with Crippen molar-refractivity contribution in [1.82, 2.24) is 4.72 Å². The van der Waals surface area contributed by atoms with Crippen LogP contribution in [0, 0.1) is 0 Å². The molecule has 0 radical (unpaired) electrons. The van der Waals surface area contributed by atoms with E-state index in [-0.39, 0.29) is 16.6 Å². The van der Waals surface area contributed by atoms with Gasteiger partial charge in [-0.2, -0.15) is 11.3 Å². The minimum absolute atomic E-state index is 0.0914. The lowest BCUT2D eigenvalue weighted by molar-refractivity contribution is 0.588. The standard InChI is InChI=1S/C13H17N3O2S2/c1-9(10-5-6-19-8-10)16-11-3-4-13(12(14)7-11)20(17,18)15-2/h3-9,15-16H,14H2,1-2H3. The Morgan fingerprint density at radius 1 is 1.30 bits per heavy atom. The van der Waals surface area contributed by atoms with Gasteiger partial charge in [0.05, 0.1) is 5.69 Å². The van der Waals surface area contributed by atoms with Crippen LogP contribution in [0.15, 0.2) is 39.9 Å². The molecule has 2 aromatic rings. The van der Waals surface area contributed by atoms with Crippen molar-refractivity contribution in [2.45, 2.75) is 17.9 Å². The molecule has 1 aromatic heterocycles. The lowest BCUT2D eigenvalue weighted by atomic mass is 10.1. The van der Waals surface area contributed by atoms with Crippen LogP contribution in [0.4, 0.5) is 11.4 Å². The SMILES string of the molecule is CNS(=O)(=O)c1ccc(NC(C)c2ccsc2)cc1N. The third-order valence-electron chi connectivity index (χ3n) is 2.99. The van der Waals surface area contributed by atoms with Gasteiger partial charge in [-0.3, -0.25) is 0 Å². The van der Waals surface area contributed by atoms with Crippen molar-refractivity contribution in [3.8, 4) is 0 Å². The molecule has 2 rings (SSSR count). The number of anilines is 2. The van der Waals surface area contributed by atoms with Gasteiger partial charge in [0, 0.05) is 11.7 Å². The Bertz CT molecular complexity index is 682. The summed E-state index contributed by atoms with van der Waals surface area (Å²) in [5.74, 6) is 0. The molecule has 0 aliphatic heterocycles. The van der Waals surface area contributed by atoms with E-state index in [1.165, 1.54) is 18.7 Å². The quantitative estimate of drug-likeness (QED) is 0.740. The van der Waals surface area contributed by atoms with Crippen LogP contribution in [0.5, 0.6) is 0 Å². The molecule has 5 nitrogen and oxygen atoms in total. The lowest BCUT2D eigenvalue weighted by Gasteiger charge is -2.15. The van der Waals surface area contributed by atoms with Crippen LogP contribution in [0.25, 0.3) is 0 Å². The van der Waals surface area contributed by atoms with E-state index in [9.17, 15) is 8.42 Å². The molecule has 4 N–H and O–H groups in total. The summed E-state index contributed by atoms with van der Waals surface area (Å²) in [4.78, 5) is 0.0914. The zero-order valence-electron chi connectivity index (χ0n) is 11.3. The number of hydrogen-bond acceptors (Lipinski definition) is 5. The third kappa shape index (κ3) is 3.12. The van der Waals surface area contributed by atoms with Crippen LogP contribution >= 0.6 is 11.3 Å². The average molecular weight is 311 g/mol. The third-order valence-corrected chi connectivity index (χ3v) is 5.18. The monoisotopic (exact) mass is 311 g/mol. The van der Waals surface area contributed by atoms with Gasteiger partial charge in [-0.05, 0) is 54.6 Å². The van der Waals surface area contributed by atoms with Crippen LogP contribution in [-0.4, -0.2) is 15.5 Å². The maximum atomic E-state index is 11.7. The number of nitrogen functional groups attached to an aromatic ring is 1. The molecule has 1 aromatic carbocycles. The molecule has 1 heterocycles. The molecule has 20 heavy (non-hydrogen) atoms. The molecule has 0 saturated heterocycles. The number of benzene rings is 1. The van der Waals surface area contributed by atoms with Gasteiger partial charge in [0.1, 0.15) is 4.90 Å². The molecule has 108 valence electrons. The second-order valence-corrected chi connectivity index (χ2v) is 7.02. The molecule has 0 spiro atoms. The summed E-state index contributed by atoms with van der Waals surface area (Å²) >= 11 is 1.64. The van der Waals surface area contributed by atoms with Crippen molar-refractivity contribution in [2.75, 3.05) is 18.1 Å². The zero-order chi connectivity index (χ0) is 14.8. The molecule has 1 atom stereocenters. The van der Waals surface area contributed by atoms with E-state index in [1.807, 2.05) is 18.4 Å². The first-order valence-electron chi connectivity index (χ1n) is 6.06. The Balaban J connectivity index is 2.22. The van der Waals surface area contributed by atoms with Crippen molar-refractivity contribution in [1.29, 1.82) is 0 Å². The van der Waals surface area contributed by atoms with Gasteiger partial charge >= 0.3 is 0 Å². The Kier molecular flexibility index (Phi) is 4.32. The first kappa shape index (κ1) is 14.8. The minimum Gasteiger partial charge on any atom is -0.398 e. The van der Waals surface area contributed by atoms with Gasteiger partial charge in [0.2, 0.25) is 10.0 Å². The Hall–Kier alpha value is -1.57. The summed E-state index contributed by atoms with van der Waals surface area (Å²) in [6, 6.07) is 7.03. The molecule has 1 unspecified atom stereocenters. The molecule has 0 amide bonds. The molecule has 0 aliphatic rings. The Morgan fingerprint density at radius 3 is 2.60 bits per heavy atom. The summed E-state index contributed by atoms with van der Waals surface area (Å²) in [7, 11) is -2.16. The van der Waals surface area contributed by atoms with E-state index in [2.05, 4.69) is 15.4 Å². The van der Waals surface area contributed by atoms with E-state index >= 15 is 0 Å². The van der Waals surface area contributed by atoms with Crippen LogP contribution in [-0.2, 0) is 10.0 Å². The first-order valence-corrected chi connectivity index (χ1v) is 8.48. The fraction of sp³-hybridized carbons (Fsp3) is 0.231. The maximum Gasteiger partial charge on any atom is 0.242 e. The molecule has 0 bridgehead atoms. The number of thiophene rings is 1. The van der Waals surface area contributed by atoms with Gasteiger partial charge in [-0.15, -0.1) is 0 Å². The Morgan fingerprint density at radius 2 is 2.05 bits per heavy atom. The second kappa shape index (κ2) is 5.82. The van der Waals surface area contributed by atoms with E-state index in [4.69, 9.17) is 5.73 Å². The first-order chi connectivity index (χ1) is 9.44. The molecular formula is C13H17N3O2S2. The molecule has 7 heteroatoms. The smallest absolute Gasteiger partial charge is 0.242 e. The van der Waals surface area contributed by atoms with Gasteiger partial charge in [-0.1, -0.05) is 0 Å². The average Bonchev–Trinajstić information content (AvgIpc) is 2.92. The zero-order valence-corrected chi connectivity index (χ0v) is 12.9. The van der Waals surface area contributed by atoms with Crippen molar-refractivity contribution in [3.63, 3.8) is 0 Å². The highest BCUT2D eigenvalue weighted by Gasteiger charge is 2.15. The largest absolute Gasteiger partial charge is 0.398 e. The molecular weight excluding hydrogens is 294 g/mol. The van der Waals surface area contributed by atoms with Crippen LogP contribution in [0.1, 0.15) is 18.5 Å². The summed E-state index contributed by atoms with van der Waals surface area (Å²) < 4.78 is 25.7. The summed E-state index contributed by atoms with van der Waals surface area (Å²) in [6.07, 6.45) is 0. The number of sulfonamides is 1. The predicted octanol–water partition coefficient (Wildman–Crippen LogP) is 2.41. The van der Waals surface area contributed by atoms with Crippen molar-refractivity contribution in [3.05, 3.63) is 40.6 Å². The fourth-order valence-corrected chi connectivity index (χ4v) is 3.44. The second-order valence-electron chi connectivity index (χ2n) is 4.38. The van der Waals surface area contributed by atoms with Gasteiger partial charge < -0.3 is 11.1 Å². The minimum atomic E-state index is -3.52. The number of rotatable bonds is 5. The van der Waals surface area contributed by atoms with Gasteiger partial charge in [0.15, 0.2) is 0 Å². The summed E-state index contributed by atoms with van der Waals surface area (Å²) in [5, 5.41) is 7.38. The topological polar surface area (TPSA) is 84.2 Å². The highest BCUT2D eigenvalue weighted by molar-refractivity contribution is 7.89. The predicted molar refractivity (Wildman–Crippen MR) is 83.5 cm³/mol. The lowest BCUT2D eigenvalue weighted by Crippen LogP contribution is -2.20. The van der Waals surface area contributed by atoms with Crippen molar-refractivity contribution >= 4 is 32.7 Å². The summed E-state index contributed by atoms with van der Waals surface area (Å²) in [5.41, 5.74) is 8.01. The van der Waals surface area contributed by atoms with Crippen molar-refractivity contribution < 1.29 is 8.42 Å². The maximum absolute atomic E-state index is 11.7. The normalized spacial score (nSPS) is 13.1.